The highest BCUT2D eigenvalue weighted by atomic mass is 16.5. The van der Waals surface area contributed by atoms with Gasteiger partial charge in [-0.3, -0.25) is 19.2 Å². The minimum Gasteiger partial charge on any atom is -0.508 e. The molecule has 2 atom stereocenters. The number of rotatable bonds is 6. The molecule has 56 heavy (non-hydrogen) atoms. The van der Waals surface area contributed by atoms with Crippen LogP contribution in [0.4, 0.5) is 0 Å². The number of ketones is 5. The number of carbonyl (C=O) groups excluding carboxylic acids is 5. The second kappa shape index (κ2) is 14.3. The number of phenols is 8. The number of aromatic hydroxyl groups is 8. The van der Waals surface area contributed by atoms with E-state index in [1.54, 1.807) is 0 Å². The third kappa shape index (κ3) is 6.65. The maximum Gasteiger partial charge on any atom is 0.201 e. The van der Waals surface area contributed by atoms with Gasteiger partial charge in [-0.05, 0) is 76.6 Å². The standard InChI is InChI=1S/2C21H20O7/c1-21(2)4-3-9(8-28-21)15-14(24)7-12-17(19(15)26)20(27)16-11(18(12)25)5-10(22)6-13(16)23;1-3-10(5-4-9(2)22)16-15(25)8-13-18(20(16)27)21(28)17-12(19(13)26)6-11(23)7-14(17)24/h5-7,9,22-24,26H,3-4,8H2,1-2H3;6-8,10,23-25,27H,3-5H2,1-2H3. The summed E-state index contributed by atoms with van der Waals surface area (Å²) in [5.41, 5.74) is -1.93. The Kier molecular flexibility index (Phi) is 10.1. The van der Waals surface area contributed by atoms with E-state index in [-0.39, 0.29) is 109 Å². The molecule has 1 aliphatic heterocycles. The van der Waals surface area contributed by atoms with Crippen LogP contribution in [0.2, 0.25) is 0 Å². The van der Waals surface area contributed by atoms with E-state index >= 15 is 0 Å². The van der Waals surface area contributed by atoms with Crippen LogP contribution in [0.5, 0.6) is 46.0 Å². The first-order valence-electron chi connectivity index (χ1n) is 17.9. The third-order valence-electron chi connectivity index (χ3n) is 10.7. The first-order valence-corrected chi connectivity index (χ1v) is 17.9. The Morgan fingerprint density at radius 1 is 0.679 bits per heavy atom. The zero-order valence-corrected chi connectivity index (χ0v) is 30.9. The van der Waals surface area contributed by atoms with Crippen molar-refractivity contribution in [3.05, 3.63) is 92.0 Å². The third-order valence-corrected chi connectivity index (χ3v) is 10.7. The van der Waals surface area contributed by atoms with Gasteiger partial charge in [-0.25, -0.2) is 0 Å². The number of phenolic OH excluding ortho intramolecular Hbond substituents is 8. The van der Waals surface area contributed by atoms with Crippen LogP contribution in [0.1, 0.15) is 146 Å². The molecule has 14 heteroatoms. The van der Waals surface area contributed by atoms with E-state index in [1.165, 1.54) is 6.92 Å². The normalized spacial score (nSPS) is 17.2. The van der Waals surface area contributed by atoms with Crippen molar-refractivity contribution in [3.8, 4) is 46.0 Å². The van der Waals surface area contributed by atoms with Crippen LogP contribution in [0.15, 0.2) is 36.4 Å². The van der Waals surface area contributed by atoms with Gasteiger partial charge in [-0.1, -0.05) is 6.92 Å². The van der Waals surface area contributed by atoms with Gasteiger partial charge < -0.3 is 50.4 Å². The zero-order chi connectivity index (χ0) is 41.1. The second-order valence-corrected chi connectivity index (χ2v) is 14.9. The zero-order valence-electron chi connectivity index (χ0n) is 30.9. The van der Waals surface area contributed by atoms with E-state index in [0.717, 1.165) is 36.4 Å². The molecule has 0 amide bonds. The topological polar surface area (TPSA) is 256 Å². The van der Waals surface area contributed by atoms with Crippen molar-refractivity contribution >= 4 is 28.9 Å². The molecule has 2 aliphatic carbocycles. The van der Waals surface area contributed by atoms with E-state index < -0.39 is 52.0 Å². The van der Waals surface area contributed by atoms with Crippen LogP contribution in [0, 0.1) is 0 Å². The van der Waals surface area contributed by atoms with Crippen LogP contribution in [0.3, 0.4) is 0 Å². The van der Waals surface area contributed by atoms with Crippen molar-refractivity contribution in [2.75, 3.05) is 6.61 Å². The molecule has 0 bridgehead atoms. The number of hydrogen-bond donors (Lipinski definition) is 8. The van der Waals surface area contributed by atoms with Gasteiger partial charge in [-0.2, -0.15) is 0 Å². The fraction of sp³-hybridized carbons (Fsp3) is 0.310. The predicted octanol–water partition coefficient (Wildman–Crippen LogP) is 6.10. The van der Waals surface area contributed by atoms with Crippen LogP contribution in [-0.4, -0.2) is 82.0 Å². The number of Topliss-reactive ketones (excluding diaryl/α,β-unsaturated/α-hetero) is 1. The van der Waals surface area contributed by atoms with Crippen molar-refractivity contribution < 1.29 is 69.6 Å². The van der Waals surface area contributed by atoms with Gasteiger partial charge in [-0.15, -0.1) is 0 Å². The Balaban J connectivity index is 0.000000190. The van der Waals surface area contributed by atoms with E-state index in [2.05, 4.69) is 0 Å². The summed E-state index contributed by atoms with van der Waals surface area (Å²) in [6.45, 7) is 7.42. The van der Waals surface area contributed by atoms with Gasteiger partial charge in [0.15, 0.2) is 11.6 Å². The summed E-state index contributed by atoms with van der Waals surface area (Å²) in [6, 6.07) is 6.32. The lowest BCUT2D eigenvalue weighted by Crippen LogP contribution is -2.33. The molecule has 3 aliphatic rings. The maximum atomic E-state index is 13.0. The molecule has 1 fully saturated rings. The molecular weight excluding hydrogens is 728 g/mol. The lowest BCUT2D eigenvalue weighted by atomic mass is 9.79. The molecule has 1 saturated heterocycles. The van der Waals surface area contributed by atoms with Gasteiger partial charge in [0.05, 0.1) is 34.5 Å². The summed E-state index contributed by atoms with van der Waals surface area (Å²) in [6.07, 6.45) is 2.42. The highest BCUT2D eigenvalue weighted by Gasteiger charge is 2.40. The lowest BCUT2D eigenvalue weighted by molar-refractivity contribution is -0.117. The molecule has 4 aromatic rings. The molecule has 0 saturated carbocycles. The summed E-state index contributed by atoms with van der Waals surface area (Å²) in [7, 11) is 0. The van der Waals surface area contributed by atoms with Crippen LogP contribution < -0.4 is 0 Å². The fourth-order valence-corrected chi connectivity index (χ4v) is 7.72. The molecule has 292 valence electrons. The molecule has 0 radical (unpaired) electrons. The summed E-state index contributed by atoms with van der Waals surface area (Å²) >= 11 is 0. The van der Waals surface area contributed by atoms with Gasteiger partial charge in [0, 0.05) is 57.9 Å². The first kappa shape index (κ1) is 39.3. The van der Waals surface area contributed by atoms with Gasteiger partial charge >= 0.3 is 0 Å². The summed E-state index contributed by atoms with van der Waals surface area (Å²) in [5.74, 6) is -7.18. The quantitative estimate of drug-likeness (QED) is 0.0952. The van der Waals surface area contributed by atoms with Crippen LogP contribution in [-0.2, 0) is 9.53 Å². The van der Waals surface area contributed by atoms with E-state index in [1.807, 2.05) is 20.8 Å². The summed E-state index contributed by atoms with van der Waals surface area (Å²) < 4.78 is 5.78. The highest BCUT2D eigenvalue weighted by Crippen LogP contribution is 2.49. The van der Waals surface area contributed by atoms with Gasteiger partial charge in [0.2, 0.25) is 11.6 Å². The molecule has 1 heterocycles. The molecule has 7 rings (SSSR count). The molecule has 0 spiro atoms. The number of ether oxygens (including phenoxy) is 1. The first-order chi connectivity index (χ1) is 26.3. The minimum absolute atomic E-state index is 0.0414. The number of hydrogen-bond acceptors (Lipinski definition) is 14. The Labute approximate surface area is 319 Å². The monoisotopic (exact) mass is 768 g/mol. The Morgan fingerprint density at radius 3 is 1.62 bits per heavy atom. The van der Waals surface area contributed by atoms with E-state index in [0.29, 0.717) is 25.7 Å². The number of benzene rings is 4. The smallest absolute Gasteiger partial charge is 0.201 e. The van der Waals surface area contributed by atoms with Crippen molar-refractivity contribution in [2.45, 2.75) is 77.2 Å². The van der Waals surface area contributed by atoms with Crippen molar-refractivity contribution in [1.82, 2.24) is 0 Å². The van der Waals surface area contributed by atoms with Crippen molar-refractivity contribution in [1.29, 1.82) is 0 Å². The average molecular weight is 769 g/mol. The predicted molar refractivity (Wildman–Crippen MR) is 198 cm³/mol. The summed E-state index contributed by atoms with van der Waals surface area (Å²) in [5, 5.41) is 82.0. The highest BCUT2D eigenvalue weighted by molar-refractivity contribution is 6.31. The maximum absolute atomic E-state index is 13.0. The molecule has 0 aromatic heterocycles. The lowest BCUT2D eigenvalue weighted by Gasteiger charge is -2.35. The minimum atomic E-state index is -0.776. The van der Waals surface area contributed by atoms with E-state index in [4.69, 9.17) is 4.74 Å². The number of fused-ring (bicyclic) bond motifs is 4. The van der Waals surface area contributed by atoms with Crippen LogP contribution in [0.25, 0.3) is 0 Å². The summed E-state index contributed by atoms with van der Waals surface area (Å²) in [4.78, 5) is 62.9. The molecular formula is C42H40O14. The Morgan fingerprint density at radius 2 is 1.16 bits per heavy atom. The van der Waals surface area contributed by atoms with E-state index in [9.17, 15) is 64.8 Å². The Bertz CT molecular complexity index is 2380. The van der Waals surface area contributed by atoms with Gasteiger partial charge in [0.25, 0.3) is 0 Å². The molecule has 8 N–H and O–H groups in total. The second-order valence-electron chi connectivity index (χ2n) is 14.9. The van der Waals surface area contributed by atoms with Crippen LogP contribution >= 0.6 is 0 Å². The average Bonchev–Trinajstić information content (AvgIpc) is 3.10. The van der Waals surface area contributed by atoms with Crippen molar-refractivity contribution in [2.24, 2.45) is 0 Å². The largest absolute Gasteiger partial charge is 0.508 e. The molecule has 2 unspecified atom stereocenters. The van der Waals surface area contributed by atoms with Crippen molar-refractivity contribution in [3.63, 3.8) is 0 Å². The van der Waals surface area contributed by atoms with Gasteiger partial charge in [0.1, 0.15) is 51.8 Å². The molecule has 4 aromatic carbocycles. The number of carbonyl (C=O) groups is 5. The fourth-order valence-electron chi connectivity index (χ4n) is 7.72. The Hall–Kier alpha value is -6.41. The molecule has 14 nitrogen and oxygen atoms in total. The SMILES string of the molecule is CC1(C)CCC(c2c(O)cc3c(c2O)C(=O)c2c(O)cc(O)cc2C3=O)CO1.CCC(CCC(C)=O)c1c(O)cc2c(c1O)C(=O)c1c(O)cc(O)cc1C2=O.